The van der Waals surface area contributed by atoms with Gasteiger partial charge in [-0.3, -0.25) is 4.52 Å². The quantitative estimate of drug-likeness (QED) is 0.0557. The normalized spacial score (nSPS) is 19.3. The summed E-state index contributed by atoms with van der Waals surface area (Å²) in [5, 5.41) is 0.209. The van der Waals surface area contributed by atoms with Crippen molar-refractivity contribution >= 4 is 87.3 Å². The summed E-state index contributed by atoms with van der Waals surface area (Å²) < 4.78 is 46.2. The molecule has 1 fully saturated rings. The number of carbonyl (C=O) groups is 4. The largest absolute Gasteiger partial charge is 0.459 e. The number of hydrogen-bond acceptors (Lipinski definition) is 12. The monoisotopic (exact) mass is 835 g/mol. The van der Waals surface area contributed by atoms with Gasteiger partial charge >= 0.3 is 32.5 Å². The van der Waals surface area contributed by atoms with Gasteiger partial charge in [-0.1, -0.05) is 94.9 Å². The third-order valence-electron chi connectivity index (χ3n) is 7.56. The maximum atomic E-state index is 13.8. The number of esters is 4. The highest BCUT2D eigenvalue weighted by Crippen LogP contribution is 2.43. The Morgan fingerprint density at radius 1 is 0.556 bits per heavy atom. The third kappa shape index (κ3) is 10.5. The van der Waals surface area contributed by atoms with E-state index in [1.54, 1.807) is 48.5 Å². The highest BCUT2D eigenvalue weighted by Gasteiger charge is 2.54. The van der Waals surface area contributed by atoms with Crippen LogP contribution in [0.5, 0.6) is 0 Å². The summed E-state index contributed by atoms with van der Waals surface area (Å²) in [7, 11) is 0.386. The van der Waals surface area contributed by atoms with E-state index in [1.165, 1.54) is 62.8 Å². The zero-order chi connectivity index (χ0) is 38.1. The molecule has 0 bridgehead atoms. The van der Waals surface area contributed by atoms with Gasteiger partial charge in [-0.15, -0.1) is 0 Å². The van der Waals surface area contributed by atoms with Crippen molar-refractivity contribution in [2.75, 3.05) is 20.8 Å². The minimum absolute atomic E-state index is 0. The van der Waals surface area contributed by atoms with Crippen molar-refractivity contribution in [3.8, 4) is 0 Å². The van der Waals surface area contributed by atoms with Gasteiger partial charge in [0.1, 0.15) is 12.7 Å². The lowest BCUT2D eigenvalue weighted by atomic mass is 9.97. The van der Waals surface area contributed by atoms with Gasteiger partial charge in [0.15, 0.2) is 18.3 Å². The first-order chi connectivity index (χ1) is 25.5. The molecule has 5 rings (SSSR count). The molecule has 0 aliphatic carbocycles. The lowest BCUT2D eigenvalue weighted by molar-refractivity contribution is -0.277. The fraction of sp³-hybridized carbons (Fsp3) is 0.222. The van der Waals surface area contributed by atoms with Crippen LogP contribution in [-0.2, 0) is 37.3 Å². The fourth-order valence-electron chi connectivity index (χ4n) is 5.05. The van der Waals surface area contributed by atoms with E-state index < -0.39 is 69.8 Å². The molecule has 5 atom stereocenters. The molecular formula is C36H29BCl4O12P. The van der Waals surface area contributed by atoms with Gasteiger partial charge in [-0.2, -0.15) is 0 Å². The molecule has 54 heavy (non-hydrogen) atoms. The highest BCUT2D eigenvalue weighted by molar-refractivity contribution is 7.41. The van der Waals surface area contributed by atoms with E-state index in [9.17, 15) is 19.2 Å². The van der Waals surface area contributed by atoms with Gasteiger partial charge in [-0.05, 0) is 48.5 Å². The molecule has 4 aromatic carbocycles. The molecular weight excluding hydrogens is 808 g/mol. The van der Waals surface area contributed by atoms with Crippen LogP contribution in [0.4, 0.5) is 0 Å². The Balaban J connectivity index is 0.00000650. The second-order valence-corrected chi connectivity index (χ2v) is 13.9. The average molecular weight is 837 g/mol. The second-order valence-electron chi connectivity index (χ2n) is 10.9. The summed E-state index contributed by atoms with van der Waals surface area (Å²) >= 11 is 25.2. The summed E-state index contributed by atoms with van der Waals surface area (Å²) in [5.74, 6) is -3.85. The first kappa shape index (κ1) is 43.0. The highest BCUT2D eigenvalue weighted by atomic mass is 35.5. The van der Waals surface area contributed by atoms with Crippen LogP contribution in [0.1, 0.15) is 41.4 Å². The molecule has 1 heterocycles. The summed E-state index contributed by atoms with van der Waals surface area (Å²) in [5.41, 5.74) is -0.186. The fourth-order valence-corrected chi connectivity index (χ4v) is 6.56. The van der Waals surface area contributed by atoms with E-state index in [-0.39, 0.29) is 50.8 Å². The van der Waals surface area contributed by atoms with Gasteiger partial charge in [0.25, 0.3) is 0 Å². The summed E-state index contributed by atoms with van der Waals surface area (Å²) in [4.78, 5) is 54.5. The zero-order valence-electron chi connectivity index (χ0n) is 28.3. The molecule has 3 radical (unpaired) electrons. The van der Waals surface area contributed by atoms with Gasteiger partial charge in [0.05, 0.1) is 42.3 Å². The van der Waals surface area contributed by atoms with Crippen molar-refractivity contribution in [3.63, 3.8) is 0 Å². The second kappa shape index (κ2) is 20.3. The summed E-state index contributed by atoms with van der Waals surface area (Å²) in [6, 6.07) is 24.2. The molecule has 1 aliphatic rings. The van der Waals surface area contributed by atoms with Gasteiger partial charge in [-0.25, -0.2) is 19.2 Å². The van der Waals surface area contributed by atoms with Crippen LogP contribution in [0, 0.1) is 0 Å². The van der Waals surface area contributed by atoms with Crippen LogP contribution in [0.3, 0.4) is 0 Å². The number of rotatable bonds is 13. The molecule has 0 aromatic heterocycles. The predicted molar refractivity (Wildman–Crippen MR) is 200 cm³/mol. The van der Waals surface area contributed by atoms with Crippen molar-refractivity contribution in [1.82, 2.24) is 0 Å². The molecule has 4 aromatic rings. The van der Waals surface area contributed by atoms with Gasteiger partial charge in [0, 0.05) is 22.6 Å². The van der Waals surface area contributed by atoms with Crippen molar-refractivity contribution in [1.29, 1.82) is 0 Å². The predicted octanol–water partition coefficient (Wildman–Crippen LogP) is 8.01. The van der Waals surface area contributed by atoms with Gasteiger partial charge in [0.2, 0.25) is 6.29 Å². The van der Waals surface area contributed by atoms with Crippen molar-refractivity contribution in [2.24, 2.45) is 0 Å². The van der Waals surface area contributed by atoms with E-state index in [2.05, 4.69) is 0 Å². The van der Waals surface area contributed by atoms with E-state index >= 15 is 0 Å². The molecule has 12 nitrogen and oxygen atoms in total. The molecule has 0 amide bonds. The SMILES string of the molecule is COP(OC)O[C@@H]1O[C@H](COC(=O)c2ccccc2Cl)[C@@H](OC(=O)c2ccccc2Cl)[C@H](OC(=O)c2ccccc2Cl)[C@H]1OC(=O)c1ccccc1Cl.[B]. The third-order valence-corrected chi connectivity index (χ3v) is 9.86. The van der Waals surface area contributed by atoms with E-state index in [4.69, 9.17) is 83.7 Å². The van der Waals surface area contributed by atoms with Crippen LogP contribution >= 0.6 is 55.0 Å². The first-order valence-corrected chi connectivity index (χ1v) is 18.1. The Bertz CT molecular complexity index is 1950. The van der Waals surface area contributed by atoms with Crippen LogP contribution < -0.4 is 0 Å². The van der Waals surface area contributed by atoms with Gasteiger partial charge < -0.3 is 32.7 Å². The Kier molecular flexibility index (Phi) is 16.1. The maximum absolute atomic E-state index is 13.8. The molecule has 0 N–H and O–H groups in total. The molecule has 1 saturated heterocycles. The standard InChI is InChI=1S/C36H29Cl4O12P.B/c1-45-53(46-2)52-36-31(51-35(44)23-14-6-10-18-27(23)40)30(50-34(43)22-13-5-9-17-26(22)39)29(49-33(42)21-12-4-8-16-25(21)38)28(48-36)19-47-32(41)20-11-3-7-15-24(20)37;/h3-18,28-31,36H,19H2,1-2H3;/t28-,29-,30+,31-,36+;/m1./s1. The van der Waals surface area contributed by atoms with Crippen molar-refractivity contribution in [2.45, 2.75) is 30.7 Å². The minimum Gasteiger partial charge on any atom is -0.459 e. The number of ether oxygens (including phenoxy) is 5. The molecule has 0 spiro atoms. The Labute approximate surface area is 333 Å². The summed E-state index contributed by atoms with van der Waals surface area (Å²) in [6.45, 7) is -0.631. The molecule has 18 heteroatoms. The molecule has 0 unspecified atom stereocenters. The number of carbonyl (C=O) groups excluding carboxylic acids is 4. The number of hydrogen-bond donors (Lipinski definition) is 0. The Hall–Kier alpha value is -3.75. The molecule has 1 aliphatic heterocycles. The van der Waals surface area contributed by atoms with Crippen LogP contribution in [0.2, 0.25) is 20.1 Å². The number of halogens is 4. The average Bonchev–Trinajstić information content (AvgIpc) is 3.15. The minimum atomic E-state index is -2.19. The Morgan fingerprint density at radius 2 is 0.907 bits per heavy atom. The topological polar surface area (TPSA) is 142 Å². The van der Waals surface area contributed by atoms with Crippen LogP contribution in [-0.4, -0.2) is 83.8 Å². The smallest absolute Gasteiger partial charge is 0.340 e. The lowest BCUT2D eigenvalue weighted by Gasteiger charge is -2.44. The van der Waals surface area contributed by atoms with E-state index in [0.717, 1.165) is 0 Å². The first-order valence-electron chi connectivity index (χ1n) is 15.5. The summed E-state index contributed by atoms with van der Waals surface area (Å²) in [6.07, 6.45) is -8.28. The maximum Gasteiger partial charge on any atom is 0.340 e. The number of benzene rings is 4. The lowest BCUT2D eigenvalue weighted by Crippen LogP contribution is -2.63. The zero-order valence-corrected chi connectivity index (χ0v) is 32.2. The Morgan fingerprint density at radius 3 is 1.30 bits per heavy atom. The van der Waals surface area contributed by atoms with E-state index in [0.29, 0.717) is 0 Å². The molecule has 0 saturated carbocycles. The van der Waals surface area contributed by atoms with E-state index in [1.807, 2.05) is 0 Å². The van der Waals surface area contributed by atoms with Crippen LogP contribution in [0.25, 0.3) is 0 Å². The van der Waals surface area contributed by atoms with Crippen molar-refractivity contribution < 1.29 is 56.4 Å². The molecule has 281 valence electrons. The van der Waals surface area contributed by atoms with Crippen LogP contribution in [0.15, 0.2) is 97.1 Å². The van der Waals surface area contributed by atoms with Crippen molar-refractivity contribution in [3.05, 3.63) is 139 Å².